The number of anilines is 1. The monoisotopic (exact) mass is 433 g/mol. The van der Waals surface area contributed by atoms with Gasteiger partial charge in [-0.05, 0) is 40.6 Å². The summed E-state index contributed by atoms with van der Waals surface area (Å²) in [7, 11) is 4.06. The Balaban J connectivity index is 1.37. The lowest BCUT2D eigenvalue weighted by atomic mass is 10.0. The zero-order valence-electron chi connectivity index (χ0n) is 18.8. The second-order valence-corrected chi connectivity index (χ2v) is 8.25. The molecule has 6 heteroatoms. The van der Waals surface area contributed by atoms with Gasteiger partial charge in [0.25, 0.3) is 5.91 Å². The third-order valence-corrected chi connectivity index (χ3v) is 5.86. The molecule has 6 nitrogen and oxygen atoms in total. The lowest BCUT2D eigenvalue weighted by molar-refractivity contribution is -0.123. The average Bonchev–Trinajstić information content (AvgIpc) is 2.83. The van der Waals surface area contributed by atoms with E-state index in [4.69, 9.17) is 9.47 Å². The van der Waals surface area contributed by atoms with Crippen LogP contribution in [0.4, 0.5) is 5.69 Å². The first-order valence-electron chi connectivity index (χ1n) is 11.1. The fourth-order valence-electron chi connectivity index (χ4n) is 4.01. The van der Waals surface area contributed by atoms with E-state index in [1.54, 1.807) is 0 Å². The van der Waals surface area contributed by atoms with Gasteiger partial charge in [0.15, 0.2) is 6.61 Å². The summed E-state index contributed by atoms with van der Waals surface area (Å²) in [6, 6.07) is 22.6. The van der Waals surface area contributed by atoms with Gasteiger partial charge in [0.05, 0.1) is 19.3 Å². The Morgan fingerprint density at radius 1 is 1.03 bits per heavy atom. The highest BCUT2D eigenvalue weighted by molar-refractivity contribution is 5.84. The van der Waals surface area contributed by atoms with Crippen molar-refractivity contribution in [2.75, 3.05) is 58.5 Å². The summed E-state index contributed by atoms with van der Waals surface area (Å²) in [5, 5.41) is 5.31. The van der Waals surface area contributed by atoms with Crippen LogP contribution in [0.3, 0.4) is 0 Å². The number of ether oxygens (including phenoxy) is 2. The second kappa shape index (κ2) is 10.5. The van der Waals surface area contributed by atoms with Crippen molar-refractivity contribution in [3.8, 4) is 5.75 Å². The third-order valence-electron chi connectivity index (χ3n) is 5.86. The molecule has 1 saturated heterocycles. The maximum atomic E-state index is 12.6. The summed E-state index contributed by atoms with van der Waals surface area (Å²) >= 11 is 0. The van der Waals surface area contributed by atoms with Gasteiger partial charge in [-0.1, -0.05) is 42.5 Å². The molecule has 1 N–H and O–H groups in total. The fraction of sp³-hybridized carbons (Fsp3) is 0.346. The topological polar surface area (TPSA) is 54.0 Å². The second-order valence-electron chi connectivity index (χ2n) is 8.25. The number of carbonyl (C=O) groups excluding carboxylic acids is 1. The number of amides is 1. The normalized spacial score (nSPS) is 15.3. The largest absolute Gasteiger partial charge is 0.484 e. The number of morpholine rings is 1. The Kier molecular flexibility index (Phi) is 7.24. The number of rotatable bonds is 8. The van der Waals surface area contributed by atoms with Gasteiger partial charge in [0.1, 0.15) is 5.75 Å². The molecule has 1 unspecified atom stereocenters. The van der Waals surface area contributed by atoms with Crippen molar-refractivity contribution in [3.63, 3.8) is 0 Å². The zero-order chi connectivity index (χ0) is 22.3. The van der Waals surface area contributed by atoms with Gasteiger partial charge in [-0.2, -0.15) is 0 Å². The van der Waals surface area contributed by atoms with Crippen LogP contribution < -0.4 is 15.0 Å². The number of carbonyl (C=O) groups is 1. The van der Waals surface area contributed by atoms with Crippen molar-refractivity contribution in [2.45, 2.75) is 6.04 Å². The zero-order valence-corrected chi connectivity index (χ0v) is 18.8. The Bertz CT molecular complexity index is 1030. The molecule has 3 aromatic rings. The van der Waals surface area contributed by atoms with Gasteiger partial charge >= 0.3 is 0 Å². The highest BCUT2D eigenvalue weighted by Gasteiger charge is 2.23. The Morgan fingerprint density at radius 2 is 1.75 bits per heavy atom. The molecule has 1 aliphatic rings. The summed E-state index contributed by atoms with van der Waals surface area (Å²) in [4.78, 5) is 17.0. The molecule has 0 bridgehead atoms. The molecular weight excluding hydrogens is 402 g/mol. The summed E-state index contributed by atoms with van der Waals surface area (Å²) in [6.45, 7) is 3.65. The van der Waals surface area contributed by atoms with Gasteiger partial charge in [-0.15, -0.1) is 0 Å². The lowest BCUT2D eigenvalue weighted by Gasteiger charge is -2.35. The molecule has 32 heavy (non-hydrogen) atoms. The predicted octanol–water partition coefficient (Wildman–Crippen LogP) is 3.47. The molecule has 1 heterocycles. The molecule has 0 saturated carbocycles. The number of benzene rings is 3. The van der Waals surface area contributed by atoms with Gasteiger partial charge in [-0.3, -0.25) is 9.69 Å². The van der Waals surface area contributed by atoms with Crippen LogP contribution in [0.5, 0.6) is 5.75 Å². The first kappa shape index (κ1) is 22.1. The summed E-state index contributed by atoms with van der Waals surface area (Å²) < 4.78 is 11.3. The van der Waals surface area contributed by atoms with Crippen molar-refractivity contribution in [1.82, 2.24) is 10.2 Å². The van der Waals surface area contributed by atoms with Crippen LogP contribution in [-0.2, 0) is 9.53 Å². The number of nitrogens with one attached hydrogen (secondary N) is 1. The van der Waals surface area contributed by atoms with E-state index in [2.05, 4.69) is 45.4 Å². The van der Waals surface area contributed by atoms with Gasteiger partial charge in [-0.25, -0.2) is 0 Å². The molecular formula is C26H31N3O3. The van der Waals surface area contributed by atoms with E-state index in [0.717, 1.165) is 29.5 Å². The highest BCUT2D eigenvalue weighted by Crippen LogP contribution is 2.24. The lowest BCUT2D eigenvalue weighted by Crippen LogP contribution is -2.44. The van der Waals surface area contributed by atoms with E-state index < -0.39 is 0 Å². The Morgan fingerprint density at radius 3 is 2.47 bits per heavy atom. The van der Waals surface area contributed by atoms with Crippen LogP contribution >= 0.6 is 0 Å². The summed E-state index contributed by atoms with van der Waals surface area (Å²) in [6.07, 6.45) is 0. The number of hydrogen-bond donors (Lipinski definition) is 1. The van der Waals surface area contributed by atoms with Crippen LogP contribution in [-0.4, -0.2) is 64.4 Å². The molecule has 1 aliphatic heterocycles. The van der Waals surface area contributed by atoms with E-state index in [-0.39, 0.29) is 18.6 Å². The van der Waals surface area contributed by atoms with Crippen LogP contribution in [0.2, 0.25) is 0 Å². The van der Waals surface area contributed by atoms with Crippen molar-refractivity contribution in [2.24, 2.45) is 0 Å². The molecule has 0 aromatic heterocycles. The fourth-order valence-corrected chi connectivity index (χ4v) is 4.01. The van der Waals surface area contributed by atoms with Crippen molar-refractivity contribution in [1.29, 1.82) is 0 Å². The third kappa shape index (κ3) is 5.58. The van der Waals surface area contributed by atoms with E-state index in [0.29, 0.717) is 25.5 Å². The Labute approximate surface area is 189 Å². The summed E-state index contributed by atoms with van der Waals surface area (Å²) in [5.41, 5.74) is 2.34. The van der Waals surface area contributed by atoms with Crippen LogP contribution in [0.1, 0.15) is 11.6 Å². The molecule has 0 radical (unpaired) electrons. The van der Waals surface area contributed by atoms with Crippen molar-refractivity contribution < 1.29 is 14.3 Å². The maximum Gasteiger partial charge on any atom is 0.258 e. The number of nitrogens with zero attached hydrogens (tertiary/aromatic N) is 2. The van der Waals surface area contributed by atoms with Gasteiger partial charge < -0.3 is 19.7 Å². The minimum Gasteiger partial charge on any atom is -0.484 e. The molecule has 0 spiro atoms. The average molecular weight is 434 g/mol. The van der Waals surface area contributed by atoms with Crippen LogP contribution in [0.25, 0.3) is 10.8 Å². The maximum absolute atomic E-state index is 12.6. The first-order chi connectivity index (χ1) is 15.6. The van der Waals surface area contributed by atoms with E-state index in [1.165, 1.54) is 5.56 Å². The number of hydrogen-bond acceptors (Lipinski definition) is 5. The molecule has 4 rings (SSSR count). The van der Waals surface area contributed by atoms with Gasteiger partial charge in [0, 0.05) is 39.4 Å². The quantitative estimate of drug-likeness (QED) is 0.590. The molecule has 1 atom stereocenters. The van der Waals surface area contributed by atoms with Crippen LogP contribution in [0.15, 0.2) is 66.7 Å². The minimum absolute atomic E-state index is 0.00621. The predicted molar refractivity (Wildman–Crippen MR) is 128 cm³/mol. The molecule has 0 aliphatic carbocycles. The minimum atomic E-state index is -0.124. The van der Waals surface area contributed by atoms with E-state index >= 15 is 0 Å². The van der Waals surface area contributed by atoms with Crippen molar-refractivity contribution in [3.05, 3.63) is 72.3 Å². The molecule has 1 amide bonds. The molecule has 3 aromatic carbocycles. The number of fused-ring (bicyclic) bond motifs is 1. The molecule has 168 valence electrons. The molecule has 1 fully saturated rings. The van der Waals surface area contributed by atoms with E-state index in [9.17, 15) is 4.79 Å². The van der Waals surface area contributed by atoms with Crippen molar-refractivity contribution >= 4 is 22.4 Å². The van der Waals surface area contributed by atoms with Gasteiger partial charge in [0.2, 0.25) is 0 Å². The van der Waals surface area contributed by atoms with Crippen LogP contribution in [0, 0.1) is 0 Å². The SMILES string of the molecule is CN(C)c1ccc(C(CNC(=O)COc2ccc3ccccc3c2)N2CCOCC2)cc1. The van der Waals surface area contributed by atoms with E-state index in [1.807, 2.05) is 50.5 Å². The Hall–Kier alpha value is -3.09. The summed E-state index contributed by atoms with van der Waals surface area (Å²) in [5.74, 6) is 0.573. The smallest absolute Gasteiger partial charge is 0.258 e. The first-order valence-corrected chi connectivity index (χ1v) is 11.1. The standard InChI is InChI=1S/C26H31N3O3/c1-28(2)23-10-7-21(8-11-23)25(29-13-15-31-16-14-29)18-27-26(30)19-32-24-12-9-20-5-3-4-6-22(20)17-24/h3-12,17,25H,13-16,18-19H2,1-2H3,(H,27,30). The highest BCUT2D eigenvalue weighted by atomic mass is 16.5.